The smallest absolute Gasteiger partial charge is 0.251 e. The Bertz CT molecular complexity index is 658. The molecule has 110 valence electrons. The highest BCUT2D eigenvalue weighted by Crippen LogP contribution is 2.24. The number of benzene rings is 2. The summed E-state index contributed by atoms with van der Waals surface area (Å²) in [5.41, 5.74) is 0.867. The number of hydrogen-bond donors (Lipinski definition) is 1. The lowest BCUT2D eigenvalue weighted by atomic mass is 10.1. The van der Waals surface area contributed by atoms with Gasteiger partial charge in [-0.3, -0.25) is 4.79 Å². The summed E-state index contributed by atoms with van der Waals surface area (Å²) in [6.07, 6.45) is 0. The number of nitrogens with one attached hydrogen (secondary N) is 1. The van der Waals surface area contributed by atoms with E-state index in [1.54, 1.807) is 20.1 Å². The zero-order chi connectivity index (χ0) is 15.4. The van der Waals surface area contributed by atoms with E-state index in [4.69, 9.17) is 4.74 Å². The maximum atomic E-state index is 13.1. The van der Waals surface area contributed by atoms with Crippen molar-refractivity contribution in [1.29, 1.82) is 0 Å². The summed E-state index contributed by atoms with van der Waals surface area (Å²) in [6.45, 7) is 1.79. The lowest BCUT2D eigenvalue weighted by Gasteiger charge is -2.17. The molecule has 1 N–H and O–H groups in total. The molecule has 0 bridgehead atoms. The Hall–Kier alpha value is -2.43. The van der Waals surface area contributed by atoms with Gasteiger partial charge in [0.2, 0.25) is 0 Å². The second kappa shape index (κ2) is 6.35. The summed E-state index contributed by atoms with van der Waals surface area (Å²) in [5.74, 6) is -1.86. The Labute approximate surface area is 121 Å². The van der Waals surface area contributed by atoms with Crippen LogP contribution in [0, 0.1) is 11.6 Å². The molecule has 21 heavy (non-hydrogen) atoms. The summed E-state index contributed by atoms with van der Waals surface area (Å²) in [4.78, 5) is 12.1. The molecule has 0 fully saturated rings. The number of carbonyl (C=O) groups is 1. The second-order valence-electron chi connectivity index (χ2n) is 4.57. The van der Waals surface area contributed by atoms with Crippen molar-refractivity contribution >= 4 is 5.91 Å². The summed E-state index contributed by atoms with van der Waals surface area (Å²) in [5, 5.41) is 2.73. The SMILES string of the molecule is COc1ccccc1[C@H](C)NC(=O)c1ccc(F)c(F)c1. The van der Waals surface area contributed by atoms with Gasteiger partial charge in [-0.1, -0.05) is 18.2 Å². The number of para-hydroxylation sites is 1. The van der Waals surface area contributed by atoms with E-state index >= 15 is 0 Å². The topological polar surface area (TPSA) is 38.3 Å². The van der Waals surface area contributed by atoms with Gasteiger partial charge >= 0.3 is 0 Å². The van der Waals surface area contributed by atoms with Gasteiger partial charge in [0.15, 0.2) is 11.6 Å². The van der Waals surface area contributed by atoms with Crippen molar-refractivity contribution in [1.82, 2.24) is 5.32 Å². The third-order valence-corrected chi connectivity index (χ3v) is 3.13. The molecule has 0 aliphatic rings. The number of amides is 1. The second-order valence-corrected chi connectivity index (χ2v) is 4.57. The molecule has 0 saturated heterocycles. The first kappa shape index (κ1) is 15.0. The fourth-order valence-corrected chi connectivity index (χ4v) is 2.02. The monoisotopic (exact) mass is 291 g/mol. The number of hydrogen-bond acceptors (Lipinski definition) is 2. The summed E-state index contributed by atoms with van der Waals surface area (Å²) < 4.78 is 31.2. The Morgan fingerprint density at radius 1 is 1.14 bits per heavy atom. The zero-order valence-corrected chi connectivity index (χ0v) is 11.7. The molecule has 2 rings (SSSR count). The third-order valence-electron chi connectivity index (χ3n) is 3.13. The van der Waals surface area contributed by atoms with E-state index in [9.17, 15) is 13.6 Å². The first-order chi connectivity index (χ1) is 10.0. The Balaban J connectivity index is 2.16. The van der Waals surface area contributed by atoms with Crippen molar-refractivity contribution < 1.29 is 18.3 Å². The van der Waals surface area contributed by atoms with Crippen LogP contribution in [0.25, 0.3) is 0 Å². The first-order valence-electron chi connectivity index (χ1n) is 6.41. The molecule has 1 amide bonds. The molecule has 1 atom stereocenters. The first-order valence-corrected chi connectivity index (χ1v) is 6.41. The normalized spacial score (nSPS) is 11.8. The van der Waals surface area contributed by atoms with Crippen LogP contribution in [0.3, 0.4) is 0 Å². The molecular weight excluding hydrogens is 276 g/mol. The molecular formula is C16H15F2NO2. The Morgan fingerprint density at radius 2 is 1.86 bits per heavy atom. The number of methoxy groups -OCH3 is 1. The summed E-state index contributed by atoms with van der Waals surface area (Å²) in [6, 6.07) is 9.98. The van der Waals surface area contributed by atoms with Gasteiger partial charge in [-0.2, -0.15) is 0 Å². The van der Waals surface area contributed by atoms with Crippen LogP contribution in [0.1, 0.15) is 28.9 Å². The van der Waals surface area contributed by atoms with Crippen molar-refractivity contribution in [2.75, 3.05) is 7.11 Å². The molecule has 3 nitrogen and oxygen atoms in total. The van der Waals surface area contributed by atoms with Crippen LogP contribution in [0.5, 0.6) is 5.75 Å². The van der Waals surface area contributed by atoms with E-state index in [0.29, 0.717) is 5.75 Å². The van der Waals surface area contributed by atoms with Crippen molar-refractivity contribution in [2.45, 2.75) is 13.0 Å². The number of carbonyl (C=O) groups excluding carboxylic acids is 1. The van der Waals surface area contributed by atoms with E-state index in [1.807, 2.05) is 18.2 Å². The van der Waals surface area contributed by atoms with Crippen LogP contribution in [0.15, 0.2) is 42.5 Å². The molecule has 0 aromatic heterocycles. The molecule has 0 saturated carbocycles. The van der Waals surface area contributed by atoms with E-state index < -0.39 is 17.5 Å². The van der Waals surface area contributed by atoms with Gasteiger partial charge < -0.3 is 10.1 Å². The van der Waals surface area contributed by atoms with Gasteiger partial charge in [0.1, 0.15) is 5.75 Å². The van der Waals surface area contributed by atoms with Crippen LogP contribution in [0.2, 0.25) is 0 Å². The largest absolute Gasteiger partial charge is 0.496 e. The quantitative estimate of drug-likeness (QED) is 0.936. The molecule has 2 aromatic rings. The summed E-state index contributed by atoms with van der Waals surface area (Å²) >= 11 is 0. The van der Waals surface area contributed by atoms with Crippen LogP contribution in [0.4, 0.5) is 8.78 Å². The summed E-state index contributed by atoms with van der Waals surface area (Å²) in [7, 11) is 1.54. The highest BCUT2D eigenvalue weighted by Gasteiger charge is 2.15. The minimum Gasteiger partial charge on any atom is -0.496 e. The maximum Gasteiger partial charge on any atom is 0.251 e. The fraction of sp³-hybridized carbons (Fsp3) is 0.188. The average Bonchev–Trinajstić information content (AvgIpc) is 2.49. The molecule has 0 aliphatic heterocycles. The average molecular weight is 291 g/mol. The van der Waals surface area contributed by atoms with Gasteiger partial charge in [-0.15, -0.1) is 0 Å². The van der Waals surface area contributed by atoms with Crippen LogP contribution < -0.4 is 10.1 Å². The van der Waals surface area contributed by atoms with E-state index in [-0.39, 0.29) is 11.6 Å². The molecule has 0 aliphatic carbocycles. The zero-order valence-electron chi connectivity index (χ0n) is 11.7. The lowest BCUT2D eigenvalue weighted by molar-refractivity contribution is 0.0939. The van der Waals surface area contributed by atoms with E-state index in [2.05, 4.69) is 5.32 Å². The molecule has 0 radical (unpaired) electrons. The molecule has 0 heterocycles. The van der Waals surface area contributed by atoms with Gasteiger partial charge in [0.25, 0.3) is 5.91 Å². The maximum absolute atomic E-state index is 13.1. The van der Waals surface area contributed by atoms with Crippen LogP contribution in [-0.4, -0.2) is 13.0 Å². The third kappa shape index (κ3) is 3.37. The van der Waals surface area contributed by atoms with Gasteiger partial charge in [-0.05, 0) is 31.2 Å². The highest BCUT2D eigenvalue weighted by atomic mass is 19.2. The van der Waals surface area contributed by atoms with Crippen molar-refractivity contribution in [3.8, 4) is 5.75 Å². The van der Waals surface area contributed by atoms with E-state index in [1.165, 1.54) is 6.07 Å². The van der Waals surface area contributed by atoms with Crippen molar-refractivity contribution in [3.63, 3.8) is 0 Å². The predicted molar refractivity (Wildman–Crippen MR) is 75.2 cm³/mol. The van der Waals surface area contributed by atoms with Crippen LogP contribution >= 0.6 is 0 Å². The van der Waals surface area contributed by atoms with Crippen LogP contribution in [-0.2, 0) is 0 Å². The Morgan fingerprint density at radius 3 is 2.52 bits per heavy atom. The van der Waals surface area contributed by atoms with Gasteiger partial charge in [0.05, 0.1) is 13.2 Å². The molecule has 5 heteroatoms. The number of rotatable bonds is 4. The van der Waals surface area contributed by atoms with Gasteiger partial charge in [-0.25, -0.2) is 8.78 Å². The minimum atomic E-state index is -1.05. The van der Waals surface area contributed by atoms with E-state index in [0.717, 1.165) is 17.7 Å². The fourth-order valence-electron chi connectivity index (χ4n) is 2.02. The lowest BCUT2D eigenvalue weighted by Crippen LogP contribution is -2.27. The highest BCUT2D eigenvalue weighted by molar-refractivity contribution is 5.94. The van der Waals surface area contributed by atoms with Crippen molar-refractivity contribution in [3.05, 3.63) is 65.2 Å². The molecule has 0 spiro atoms. The molecule has 2 aromatic carbocycles. The number of halogens is 2. The Kier molecular flexibility index (Phi) is 4.52. The standard InChI is InChI=1S/C16H15F2NO2/c1-10(12-5-3-4-6-15(12)21-2)19-16(20)11-7-8-13(17)14(18)9-11/h3-10H,1-2H3,(H,19,20)/t10-/m0/s1. The van der Waals surface area contributed by atoms with Gasteiger partial charge in [0, 0.05) is 11.1 Å². The minimum absolute atomic E-state index is 0.0654. The van der Waals surface area contributed by atoms with Crippen molar-refractivity contribution in [2.24, 2.45) is 0 Å². The predicted octanol–water partition coefficient (Wildman–Crippen LogP) is 3.46. The number of ether oxygens (including phenoxy) is 1. The molecule has 0 unspecified atom stereocenters.